The summed E-state index contributed by atoms with van der Waals surface area (Å²) in [5.41, 5.74) is 5.06. The predicted molar refractivity (Wildman–Crippen MR) is 113 cm³/mol. The molecule has 0 spiro atoms. The van der Waals surface area contributed by atoms with Gasteiger partial charge in [0.2, 0.25) is 0 Å². The fourth-order valence-electron chi connectivity index (χ4n) is 4.23. The third-order valence-electron chi connectivity index (χ3n) is 5.67. The number of fused-ring (bicyclic) bond motifs is 1. The molecule has 0 amide bonds. The van der Waals surface area contributed by atoms with Crippen molar-refractivity contribution in [2.24, 2.45) is 0 Å². The van der Waals surface area contributed by atoms with E-state index >= 15 is 0 Å². The van der Waals surface area contributed by atoms with Crippen LogP contribution in [0.1, 0.15) is 57.8 Å². The molecule has 1 aliphatic rings. The first-order valence-corrected chi connectivity index (χ1v) is 10.1. The molecule has 4 rings (SSSR count). The number of benzene rings is 2. The summed E-state index contributed by atoms with van der Waals surface area (Å²) in [5.74, 6) is 1.28. The van der Waals surface area contributed by atoms with E-state index in [-0.39, 0.29) is 0 Å². The highest BCUT2D eigenvalue weighted by Gasteiger charge is 2.21. The zero-order valence-electron chi connectivity index (χ0n) is 16.6. The first kappa shape index (κ1) is 19.2. The smallest absolute Gasteiger partial charge is 0.336 e. The first-order valence-electron chi connectivity index (χ1n) is 10.1. The molecule has 1 unspecified atom stereocenters. The minimum absolute atomic E-state index is 0.359. The highest BCUT2D eigenvalue weighted by atomic mass is 16.5. The van der Waals surface area contributed by atoms with Crippen LogP contribution in [0.3, 0.4) is 0 Å². The maximum atomic E-state index is 11.4. The third-order valence-corrected chi connectivity index (χ3v) is 5.67. The Morgan fingerprint density at radius 3 is 2.86 bits per heavy atom. The average Bonchev–Trinajstić information content (AvgIpc) is 2.72. The second-order valence-corrected chi connectivity index (χ2v) is 7.74. The van der Waals surface area contributed by atoms with Crippen LogP contribution < -0.4 is 4.74 Å². The number of carboxylic acids is 1. The van der Waals surface area contributed by atoms with E-state index in [2.05, 4.69) is 30.1 Å². The maximum absolute atomic E-state index is 11.4. The van der Waals surface area contributed by atoms with Gasteiger partial charge >= 0.3 is 5.97 Å². The Hall–Kier alpha value is -3.14. The van der Waals surface area contributed by atoms with Gasteiger partial charge in [0.1, 0.15) is 11.5 Å². The molecule has 0 aliphatic heterocycles. The Balaban J connectivity index is 1.49. The van der Waals surface area contributed by atoms with Gasteiger partial charge in [-0.3, -0.25) is 4.98 Å². The van der Waals surface area contributed by atoms with Crippen molar-refractivity contribution in [2.75, 3.05) is 0 Å². The van der Waals surface area contributed by atoms with Crippen molar-refractivity contribution in [1.82, 2.24) is 4.98 Å². The van der Waals surface area contributed by atoms with Gasteiger partial charge in [-0.1, -0.05) is 18.2 Å². The topological polar surface area (TPSA) is 59.4 Å². The van der Waals surface area contributed by atoms with E-state index < -0.39 is 5.97 Å². The molecule has 4 nitrogen and oxygen atoms in total. The Bertz CT molecular complexity index is 1030. The molecule has 0 saturated carbocycles. The molecule has 1 N–H and O–H groups in total. The van der Waals surface area contributed by atoms with Crippen molar-refractivity contribution < 1.29 is 14.6 Å². The minimum atomic E-state index is -0.885. The molecular formula is C25H25NO3. The summed E-state index contributed by atoms with van der Waals surface area (Å²) in [4.78, 5) is 15.6. The quantitative estimate of drug-likeness (QED) is 0.569. The second kappa shape index (κ2) is 8.48. The van der Waals surface area contributed by atoms with Gasteiger partial charge in [-0.15, -0.1) is 0 Å². The monoisotopic (exact) mass is 387 g/mol. The fraction of sp³-hybridized carbons (Fsp3) is 0.280. The van der Waals surface area contributed by atoms with Crippen molar-refractivity contribution >= 4 is 5.97 Å². The molecule has 3 aromatic rings. The highest BCUT2D eigenvalue weighted by molar-refractivity contribution is 5.89. The van der Waals surface area contributed by atoms with E-state index in [1.54, 1.807) is 18.5 Å². The standard InChI is InChI=1S/C25H25NO3/c1-17-4-2-7-21(14-17)29-22-10-11-23-18(5-3-6-19(23)15-22)8-9-20-16-26-13-12-24(20)25(27)28/h2,4,7,10-16,18H,3,5-6,8-9H2,1H3,(H,27,28). The van der Waals surface area contributed by atoms with Crippen LogP contribution in [0.5, 0.6) is 11.5 Å². The van der Waals surface area contributed by atoms with Gasteiger partial charge in [0.25, 0.3) is 0 Å². The van der Waals surface area contributed by atoms with E-state index in [0.717, 1.165) is 49.2 Å². The summed E-state index contributed by atoms with van der Waals surface area (Å²) in [6.07, 6.45) is 8.21. The van der Waals surface area contributed by atoms with Crippen LogP contribution in [0.4, 0.5) is 0 Å². The molecule has 0 saturated heterocycles. The molecule has 1 heterocycles. The number of pyridine rings is 1. The molecule has 1 aliphatic carbocycles. The van der Waals surface area contributed by atoms with Crippen LogP contribution in [-0.2, 0) is 12.8 Å². The molecule has 1 atom stereocenters. The molecule has 2 aromatic carbocycles. The zero-order chi connectivity index (χ0) is 20.2. The molecule has 0 radical (unpaired) electrons. The number of nitrogens with zero attached hydrogens (tertiary/aromatic N) is 1. The molecule has 0 bridgehead atoms. The second-order valence-electron chi connectivity index (χ2n) is 7.74. The number of rotatable bonds is 6. The zero-order valence-corrected chi connectivity index (χ0v) is 16.6. The number of aromatic carboxylic acids is 1. The summed E-state index contributed by atoms with van der Waals surface area (Å²) in [7, 11) is 0. The first-order chi connectivity index (χ1) is 14.1. The highest BCUT2D eigenvalue weighted by Crippen LogP contribution is 2.37. The summed E-state index contributed by atoms with van der Waals surface area (Å²) in [6, 6.07) is 16.1. The molecular weight excluding hydrogens is 362 g/mol. The minimum Gasteiger partial charge on any atom is -0.478 e. The molecule has 29 heavy (non-hydrogen) atoms. The van der Waals surface area contributed by atoms with Crippen molar-refractivity contribution in [1.29, 1.82) is 0 Å². The van der Waals surface area contributed by atoms with Crippen LogP contribution >= 0.6 is 0 Å². The molecule has 1 aromatic heterocycles. The Morgan fingerprint density at radius 2 is 2.03 bits per heavy atom. The van der Waals surface area contributed by atoms with Gasteiger partial charge < -0.3 is 9.84 Å². The number of carboxylic acid groups (broad SMARTS) is 1. The van der Waals surface area contributed by atoms with Crippen molar-refractivity contribution in [3.8, 4) is 11.5 Å². The van der Waals surface area contributed by atoms with Crippen LogP contribution in [-0.4, -0.2) is 16.1 Å². The lowest BCUT2D eigenvalue weighted by Crippen LogP contribution is -2.12. The van der Waals surface area contributed by atoms with E-state index in [1.807, 2.05) is 24.3 Å². The Kier molecular flexibility index (Phi) is 5.61. The van der Waals surface area contributed by atoms with Crippen molar-refractivity contribution in [3.63, 3.8) is 0 Å². The number of aryl methyl sites for hydroxylation is 3. The largest absolute Gasteiger partial charge is 0.478 e. The Labute approximate surface area is 171 Å². The summed E-state index contributed by atoms with van der Waals surface area (Å²) < 4.78 is 6.06. The number of ether oxygens (including phenoxy) is 1. The predicted octanol–water partition coefficient (Wildman–Crippen LogP) is 5.93. The third kappa shape index (κ3) is 4.48. The summed E-state index contributed by atoms with van der Waals surface area (Å²) in [6.45, 7) is 2.06. The summed E-state index contributed by atoms with van der Waals surface area (Å²) >= 11 is 0. The van der Waals surface area contributed by atoms with Gasteiger partial charge in [-0.2, -0.15) is 0 Å². The Morgan fingerprint density at radius 1 is 1.17 bits per heavy atom. The van der Waals surface area contributed by atoms with Crippen LogP contribution in [0.2, 0.25) is 0 Å². The van der Waals surface area contributed by atoms with E-state index in [4.69, 9.17) is 4.74 Å². The number of hydrogen-bond donors (Lipinski definition) is 1. The number of carbonyl (C=O) groups is 1. The average molecular weight is 387 g/mol. The lowest BCUT2D eigenvalue weighted by molar-refractivity contribution is 0.0695. The number of aromatic nitrogens is 1. The van der Waals surface area contributed by atoms with Crippen LogP contribution in [0.25, 0.3) is 0 Å². The van der Waals surface area contributed by atoms with Crippen molar-refractivity contribution in [2.45, 2.75) is 44.9 Å². The van der Waals surface area contributed by atoms with Crippen molar-refractivity contribution in [3.05, 3.63) is 88.7 Å². The molecule has 0 fully saturated rings. The lowest BCUT2D eigenvalue weighted by atomic mass is 9.79. The van der Waals surface area contributed by atoms with Gasteiger partial charge in [-0.25, -0.2) is 4.79 Å². The van der Waals surface area contributed by atoms with Gasteiger partial charge in [-0.05, 0) is 97.5 Å². The van der Waals surface area contributed by atoms with E-state index in [1.165, 1.54) is 16.7 Å². The summed E-state index contributed by atoms with van der Waals surface area (Å²) in [5, 5.41) is 9.39. The van der Waals surface area contributed by atoms with Crippen LogP contribution in [0.15, 0.2) is 60.9 Å². The molecule has 148 valence electrons. The van der Waals surface area contributed by atoms with Gasteiger partial charge in [0.05, 0.1) is 5.56 Å². The maximum Gasteiger partial charge on any atom is 0.336 e. The number of hydrogen-bond acceptors (Lipinski definition) is 3. The SMILES string of the molecule is Cc1cccc(Oc2ccc3c(c2)CCCC3CCc2cnccc2C(=O)O)c1. The fourth-order valence-corrected chi connectivity index (χ4v) is 4.23. The van der Waals surface area contributed by atoms with Crippen LogP contribution in [0, 0.1) is 6.92 Å². The molecule has 4 heteroatoms. The lowest BCUT2D eigenvalue weighted by Gasteiger charge is -2.26. The van der Waals surface area contributed by atoms with Gasteiger partial charge in [0.15, 0.2) is 0 Å². The van der Waals surface area contributed by atoms with E-state index in [0.29, 0.717) is 11.5 Å². The van der Waals surface area contributed by atoms with E-state index in [9.17, 15) is 9.90 Å². The van der Waals surface area contributed by atoms with Gasteiger partial charge in [0, 0.05) is 12.4 Å². The normalized spacial score (nSPS) is 15.6.